The maximum Gasteiger partial charge on any atom is 0.263 e. The first kappa shape index (κ1) is 15.7. The predicted molar refractivity (Wildman–Crippen MR) is 99.8 cm³/mol. The van der Waals surface area contributed by atoms with Crippen LogP contribution in [0.3, 0.4) is 0 Å². The number of aryl methyl sites for hydroxylation is 1. The van der Waals surface area contributed by atoms with E-state index in [1.807, 2.05) is 55.6 Å². The van der Waals surface area contributed by atoms with Gasteiger partial charge in [-0.2, -0.15) is 4.98 Å². The number of aromatic amines is 1. The average Bonchev–Trinajstić information content (AvgIpc) is 3.12. The minimum Gasteiger partial charge on any atom is -0.360 e. The summed E-state index contributed by atoms with van der Waals surface area (Å²) in [5.41, 5.74) is 2.91. The lowest BCUT2D eigenvalue weighted by molar-refractivity contribution is 0.432. The van der Waals surface area contributed by atoms with Crippen molar-refractivity contribution in [2.45, 2.75) is 11.8 Å². The summed E-state index contributed by atoms with van der Waals surface area (Å²) in [6.45, 7) is 1.95. The van der Waals surface area contributed by atoms with Gasteiger partial charge < -0.3 is 9.51 Å². The van der Waals surface area contributed by atoms with E-state index in [9.17, 15) is 4.79 Å². The van der Waals surface area contributed by atoms with Crippen LogP contribution in [-0.2, 0) is 0 Å². The molecule has 0 saturated heterocycles. The summed E-state index contributed by atoms with van der Waals surface area (Å²) in [5, 5.41) is 4.62. The van der Waals surface area contributed by atoms with Crippen LogP contribution in [0.5, 0.6) is 0 Å². The Hall–Kier alpha value is -2.86. The Labute approximate surface area is 148 Å². The molecule has 4 aromatic rings. The van der Waals surface area contributed by atoms with E-state index in [4.69, 9.17) is 4.52 Å². The zero-order valence-corrected chi connectivity index (χ0v) is 14.6. The Bertz CT molecular complexity index is 1110. The number of hydrogen-bond donors (Lipinski definition) is 1. The quantitative estimate of drug-likeness (QED) is 0.559. The van der Waals surface area contributed by atoms with Crippen LogP contribution in [0.15, 0.2) is 62.9 Å². The number of aromatic nitrogens is 3. The number of rotatable bonds is 3. The highest BCUT2D eigenvalue weighted by molar-refractivity contribution is 7.98. The van der Waals surface area contributed by atoms with E-state index in [1.54, 1.807) is 18.0 Å². The highest BCUT2D eigenvalue weighted by Gasteiger charge is 2.15. The van der Waals surface area contributed by atoms with E-state index in [1.165, 1.54) is 0 Å². The fourth-order valence-corrected chi connectivity index (χ4v) is 3.09. The molecule has 4 rings (SSSR count). The fraction of sp³-hybridized carbons (Fsp3) is 0.105. The van der Waals surface area contributed by atoms with Crippen molar-refractivity contribution in [2.24, 2.45) is 0 Å². The third-order valence-electron chi connectivity index (χ3n) is 4.04. The summed E-state index contributed by atoms with van der Waals surface area (Å²) in [6, 6.07) is 13.6. The van der Waals surface area contributed by atoms with Gasteiger partial charge in [0.15, 0.2) is 0 Å². The van der Waals surface area contributed by atoms with Crippen LogP contribution in [0.25, 0.3) is 33.7 Å². The maximum atomic E-state index is 12.8. The van der Waals surface area contributed by atoms with Gasteiger partial charge in [0.1, 0.15) is 5.56 Å². The molecule has 0 radical (unpaired) electrons. The van der Waals surface area contributed by atoms with Crippen molar-refractivity contribution < 1.29 is 4.52 Å². The van der Waals surface area contributed by atoms with Crippen molar-refractivity contribution in [1.29, 1.82) is 0 Å². The summed E-state index contributed by atoms with van der Waals surface area (Å²) in [4.78, 5) is 21.4. The van der Waals surface area contributed by atoms with E-state index < -0.39 is 0 Å². The largest absolute Gasteiger partial charge is 0.360 e. The number of hydrogen-bond acceptors (Lipinski definition) is 5. The van der Waals surface area contributed by atoms with Gasteiger partial charge >= 0.3 is 0 Å². The van der Waals surface area contributed by atoms with Crippen molar-refractivity contribution in [1.82, 2.24) is 15.1 Å². The van der Waals surface area contributed by atoms with Gasteiger partial charge in [0.25, 0.3) is 5.89 Å². The number of nitrogens with one attached hydrogen (secondary N) is 1. The molecule has 124 valence electrons. The van der Waals surface area contributed by atoms with Gasteiger partial charge in [-0.1, -0.05) is 16.8 Å². The van der Waals surface area contributed by atoms with Crippen molar-refractivity contribution in [3.63, 3.8) is 0 Å². The summed E-state index contributed by atoms with van der Waals surface area (Å²) in [6.07, 6.45) is 3.64. The molecule has 2 aromatic heterocycles. The first-order chi connectivity index (χ1) is 12.2. The van der Waals surface area contributed by atoms with Crippen LogP contribution in [0, 0.1) is 6.92 Å². The lowest BCUT2D eigenvalue weighted by Gasteiger charge is -2.01. The number of fused-ring (bicyclic) bond motifs is 1. The van der Waals surface area contributed by atoms with Crippen LogP contribution in [0.1, 0.15) is 5.56 Å². The van der Waals surface area contributed by atoms with Gasteiger partial charge in [0.2, 0.25) is 11.3 Å². The topological polar surface area (TPSA) is 71.8 Å². The zero-order chi connectivity index (χ0) is 17.4. The molecule has 0 amide bonds. The Kier molecular flexibility index (Phi) is 3.89. The van der Waals surface area contributed by atoms with Crippen molar-refractivity contribution in [3.8, 4) is 22.8 Å². The number of benzene rings is 2. The van der Waals surface area contributed by atoms with Crippen LogP contribution < -0.4 is 5.43 Å². The second-order valence-electron chi connectivity index (χ2n) is 5.73. The standard InChI is InChI=1S/C19H15N3O2S/c1-11-3-8-16-14(9-11)17(23)15(10-20-16)19-21-18(22-24-19)12-4-6-13(25-2)7-5-12/h3-10H,1-2H3,(H,20,23). The number of nitrogens with zero attached hydrogens (tertiary/aromatic N) is 2. The van der Waals surface area contributed by atoms with Gasteiger partial charge in [-0.15, -0.1) is 11.8 Å². The lowest BCUT2D eigenvalue weighted by atomic mass is 10.1. The molecule has 2 aromatic carbocycles. The fourth-order valence-electron chi connectivity index (χ4n) is 2.68. The van der Waals surface area contributed by atoms with Crippen molar-refractivity contribution in [2.75, 3.05) is 6.26 Å². The molecule has 0 saturated carbocycles. The summed E-state index contributed by atoms with van der Waals surface area (Å²) < 4.78 is 5.34. The smallest absolute Gasteiger partial charge is 0.263 e. The monoisotopic (exact) mass is 349 g/mol. The van der Waals surface area contributed by atoms with E-state index >= 15 is 0 Å². The number of thioether (sulfide) groups is 1. The van der Waals surface area contributed by atoms with Gasteiger partial charge in [0, 0.05) is 27.6 Å². The maximum absolute atomic E-state index is 12.8. The molecular formula is C19H15N3O2S. The third-order valence-corrected chi connectivity index (χ3v) is 4.78. The molecular weight excluding hydrogens is 334 g/mol. The summed E-state index contributed by atoms with van der Waals surface area (Å²) in [5.74, 6) is 0.681. The highest BCUT2D eigenvalue weighted by atomic mass is 32.2. The van der Waals surface area contributed by atoms with E-state index in [0.29, 0.717) is 16.8 Å². The first-order valence-electron chi connectivity index (χ1n) is 7.76. The molecule has 5 nitrogen and oxygen atoms in total. The highest BCUT2D eigenvalue weighted by Crippen LogP contribution is 2.23. The van der Waals surface area contributed by atoms with Crippen LogP contribution in [-0.4, -0.2) is 21.4 Å². The first-order valence-corrected chi connectivity index (χ1v) is 8.99. The molecule has 2 heterocycles. The lowest BCUT2D eigenvalue weighted by Crippen LogP contribution is -2.06. The minimum atomic E-state index is -0.120. The van der Waals surface area contributed by atoms with Crippen LogP contribution >= 0.6 is 11.8 Å². The van der Waals surface area contributed by atoms with E-state index in [0.717, 1.165) is 21.5 Å². The van der Waals surface area contributed by atoms with Crippen LogP contribution in [0.2, 0.25) is 0 Å². The SMILES string of the molecule is CSc1ccc(-c2noc(-c3c[nH]c4ccc(C)cc4c3=O)n2)cc1. The van der Waals surface area contributed by atoms with Gasteiger partial charge in [-0.05, 0) is 49.6 Å². The summed E-state index contributed by atoms with van der Waals surface area (Å²) >= 11 is 1.67. The predicted octanol–water partition coefficient (Wildman–Crippen LogP) is 4.28. The molecule has 0 fully saturated rings. The average molecular weight is 349 g/mol. The molecule has 0 aliphatic rings. The zero-order valence-electron chi connectivity index (χ0n) is 13.7. The molecule has 0 bridgehead atoms. The number of pyridine rings is 1. The van der Waals surface area contributed by atoms with Gasteiger partial charge in [-0.3, -0.25) is 4.79 Å². The Morgan fingerprint density at radius 1 is 1.12 bits per heavy atom. The molecule has 0 aliphatic heterocycles. The molecule has 1 N–H and O–H groups in total. The van der Waals surface area contributed by atoms with E-state index in [-0.39, 0.29) is 11.3 Å². The Morgan fingerprint density at radius 2 is 1.92 bits per heavy atom. The Balaban J connectivity index is 1.78. The second-order valence-corrected chi connectivity index (χ2v) is 6.61. The second kappa shape index (κ2) is 6.22. The molecule has 6 heteroatoms. The molecule has 0 aliphatic carbocycles. The molecule has 0 unspecified atom stereocenters. The minimum absolute atomic E-state index is 0.120. The third kappa shape index (κ3) is 2.85. The van der Waals surface area contributed by atoms with Crippen molar-refractivity contribution in [3.05, 3.63) is 64.4 Å². The molecule has 25 heavy (non-hydrogen) atoms. The Morgan fingerprint density at radius 3 is 2.68 bits per heavy atom. The van der Waals surface area contributed by atoms with Gasteiger partial charge in [-0.25, -0.2) is 0 Å². The summed E-state index contributed by atoms with van der Waals surface area (Å²) in [7, 11) is 0. The molecule has 0 spiro atoms. The molecule has 0 atom stereocenters. The van der Waals surface area contributed by atoms with Gasteiger partial charge in [0.05, 0.1) is 0 Å². The van der Waals surface area contributed by atoms with Crippen LogP contribution in [0.4, 0.5) is 0 Å². The van der Waals surface area contributed by atoms with E-state index in [2.05, 4.69) is 15.1 Å². The number of H-pyrrole nitrogens is 1. The normalized spacial score (nSPS) is 11.1. The van der Waals surface area contributed by atoms with Crippen molar-refractivity contribution >= 4 is 22.7 Å².